The fraction of sp³-hybridized carbons (Fsp3) is 0.500. The highest BCUT2D eigenvalue weighted by Gasteiger charge is 2.35. The molecule has 0 N–H and O–H groups in total. The van der Waals surface area contributed by atoms with E-state index >= 15 is 0 Å². The van der Waals surface area contributed by atoms with E-state index in [-0.39, 0.29) is 35.4 Å². The van der Waals surface area contributed by atoms with E-state index in [1.165, 1.54) is 10.5 Å². The smallest absolute Gasteiger partial charge is 0.237 e. The Morgan fingerprint density at radius 1 is 1.47 bits per heavy atom. The summed E-state index contributed by atoms with van der Waals surface area (Å²) in [4.78, 5) is 7.49. The minimum Gasteiger partial charge on any atom is -0.470 e. The molecule has 2 rings (SSSR count). The second-order valence-electron chi connectivity index (χ2n) is 3.61. The number of nitrogens with zero attached hydrogens (tertiary/aromatic N) is 3. The molecule has 1 aromatic rings. The van der Waals surface area contributed by atoms with Gasteiger partial charge in [0.1, 0.15) is 11.1 Å². The van der Waals surface area contributed by atoms with Crippen molar-refractivity contribution in [1.82, 2.24) is 14.3 Å². The van der Waals surface area contributed by atoms with Crippen molar-refractivity contribution in [3.8, 4) is 5.88 Å². The number of hydrogen-bond donors (Lipinski definition) is 0. The van der Waals surface area contributed by atoms with Gasteiger partial charge in [0.05, 0.1) is 25.5 Å². The lowest BCUT2D eigenvalue weighted by atomic mass is 10.2. The molecule has 0 amide bonds. The second kappa shape index (κ2) is 4.56. The van der Waals surface area contributed by atoms with Gasteiger partial charge in [-0.1, -0.05) is 11.6 Å². The Balaban J connectivity index is 1.98. The van der Waals surface area contributed by atoms with Crippen molar-refractivity contribution in [2.75, 3.05) is 19.3 Å². The Hall–Kier alpha value is -0.630. The summed E-state index contributed by atoms with van der Waals surface area (Å²) in [6.07, 6.45) is 2.23. The van der Waals surface area contributed by atoms with E-state index in [0.29, 0.717) is 0 Å². The molecule has 0 spiro atoms. The lowest BCUT2D eigenvalue weighted by Crippen LogP contribution is -2.55. The summed E-state index contributed by atoms with van der Waals surface area (Å²) in [6, 6.07) is 0. The van der Waals surface area contributed by atoms with E-state index in [2.05, 4.69) is 9.97 Å². The van der Waals surface area contributed by atoms with Crippen LogP contribution in [0.3, 0.4) is 0 Å². The molecule has 0 bridgehead atoms. The zero-order chi connectivity index (χ0) is 12.6. The van der Waals surface area contributed by atoms with Gasteiger partial charge in [-0.05, 0) is 11.6 Å². The van der Waals surface area contributed by atoms with Crippen LogP contribution in [-0.4, -0.2) is 48.1 Å². The van der Waals surface area contributed by atoms with Crippen LogP contribution in [0.1, 0.15) is 0 Å². The van der Waals surface area contributed by atoms with Crippen molar-refractivity contribution in [3.05, 3.63) is 16.5 Å². The molecular weight excluding hydrogens is 289 g/mol. The first-order valence-electron chi connectivity index (χ1n) is 4.66. The van der Waals surface area contributed by atoms with Crippen LogP contribution in [0.25, 0.3) is 0 Å². The molecule has 94 valence electrons. The molecule has 0 radical (unpaired) electrons. The Morgan fingerprint density at radius 2 is 2.12 bits per heavy atom. The molecule has 1 aliphatic rings. The first kappa shape index (κ1) is 12.8. The first-order valence-corrected chi connectivity index (χ1v) is 7.26. The summed E-state index contributed by atoms with van der Waals surface area (Å²) >= 11 is 11.4. The van der Waals surface area contributed by atoms with Crippen molar-refractivity contribution in [1.29, 1.82) is 0 Å². The summed E-state index contributed by atoms with van der Waals surface area (Å²) < 4.78 is 29.0. The number of aromatic nitrogens is 2. The minimum absolute atomic E-state index is 0.0312. The summed E-state index contributed by atoms with van der Waals surface area (Å²) in [6.45, 7) is 0.577. The summed E-state index contributed by atoms with van der Waals surface area (Å²) in [5.74, 6) is 0.171. The highest BCUT2D eigenvalue weighted by atomic mass is 35.5. The maximum Gasteiger partial charge on any atom is 0.237 e. The Labute approximate surface area is 109 Å². The highest BCUT2D eigenvalue weighted by Crippen LogP contribution is 2.25. The van der Waals surface area contributed by atoms with Gasteiger partial charge >= 0.3 is 0 Å². The predicted molar refractivity (Wildman–Crippen MR) is 62.9 cm³/mol. The van der Waals surface area contributed by atoms with Crippen LogP contribution in [0.4, 0.5) is 0 Å². The summed E-state index contributed by atoms with van der Waals surface area (Å²) in [5, 5.41) is 0.274. The monoisotopic (exact) mass is 297 g/mol. The van der Waals surface area contributed by atoms with E-state index in [9.17, 15) is 8.42 Å². The van der Waals surface area contributed by atoms with Crippen LogP contribution in [0.2, 0.25) is 10.3 Å². The third-order valence-corrected chi connectivity index (χ3v) is 3.92. The summed E-state index contributed by atoms with van der Waals surface area (Å²) in [5.41, 5.74) is 0. The fourth-order valence-electron chi connectivity index (χ4n) is 1.32. The number of halogens is 2. The van der Waals surface area contributed by atoms with Gasteiger partial charge < -0.3 is 4.74 Å². The molecule has 0 saturated carbocycles. The van der Waals surface area contributed by atoms with E-state index in [0.717, 1.165) is 6.26 Å². The van der Waals surface area contributed by atoms with E-state index in [1.807, 2.05) is 0 Å². The van der Waals surface area contributed by atoms with Gasteiger partial charge in [0.25, 0.3) is 0 Å². The van der Waals surface area contributed by atoms with Crippen LogP contribution in [-0.2, 0) is 10.0 Å². The zero-order valence-electron chi connectivity index (χ0n) is 8.80. The molecule has 2 heterocycles. The lowest BCUT2D eigenvalue weighted by Gasteiger charge is -2.36. The first-order chi connectivity index (χ1) is 7.86. The minimum atomic E-state index is -3.15. The van der Waals surface area contributed by atoms with Crippen molar-refractivity contribution in [3.63, 3.8) is 0 Å². The topological polar surface area (TPSA) is 72.4 Å². The molecule has 0 atom stereocenters. The lowest BCUT2D eigenvalue weighted by molar-refractivity contribution is 0.0725. The van der Waals surface area contributed by atoms with Gasteiger partial charge in [-0.3, -0.25) is 0 Å². The van der Waals surface area contributed by atoms with Crippen LogP contribution in [0.15, 0.2) is 6.20 Å². The van der Waals surface area contributed by atoms with Gasteiger partial charge in [0, 0.05) is 0 Å². The predicted octanol–water partition coefficient (Wildman–Crippen LogP) is 0.806. The standard InChI is InChI=1S/C8H9Cl2N3O3S/c1-17(14,15)13-3-5(4-13)16-7-6(9)2-11-8(10)12-7/h2,5H,3-4H2,1H3. The van der Waals surface area contributed by atoms with E-state index in [1.54, 1.807) is 0 Å². The Bertz CT molecular complexity index is 531. The van der Waals surface area contributed by atoms with Crippen molar-refractivity contribution >= 4 is 33.2 Å². The third kappa shape index (κ3) is 2.98. The van der Waals surface area contributed by atoms with Crippen LogP contribution >= 0.6 is 23.2 Å². The van der Waals surface area contributed by atoms with Gasteiger partial charge in [0.15, 0.2) is 0 Å². The SMILES string of the molecule is CS(=O)(=O)N1CC(Oc2nc(Cl)ncc2Cl)C1. The normalized spacial score (nSPS) is 17.8. The highest BCUT2D eigenvalue weighted by molar-refractivity contribution is 7.88. The molecular formula is C8H9Cl2N3O3S. The molecule has 1 aromatic heterocycles. The number of ether oxygens (including phenoxy) is 1. The average Bonchev–Trinajstić information content (AvgIpc) is 2.14. The molecule has 1 saturated heterocycles. The summed E-state index contributed by atoms with van der Waals surface area (Å²) in [7, 11) is -3.15. The van der Waals surface area contributed by atoms with Crippen molar-refractivity contribution < 1.29 is 13.2 Å². The molecule has 9 heteroatoms. The Morgan fingerprint density at radius 3 is 2.71 bits per heavy atom. The number of sulfonamides is 1. The molecule has 0 aliphatic carbocycles. The third-order valence-electron chi connectivity index (χ3n) is 2.24. The maximum atomic E-state index is 11.1. The molecule has 0 aromatic carbocycles. The largest absolute Gasteiger partial charge is 0.470 e. The van der Waals surface area contributed by atoms with Crippen LogP contribution in [0.5, 0.6) is 5.88 Å². The number of rotatable bonds is 3. The van der Waals surface area contributed by atoms with Gasteiger partial charge in [-0.25, -0.2) is 13.4 Å². The van der Waals surface area contributed by atoms with Crippen molar-refractivity contribution in [2.45, 2.75) is 6.10 Å². The second-order valence-corrected chi connectivity index (χ2v) is 6.34. The molecule has 6 nitrogen and oxygen atoms in total. The van der Waals surface area contributed by atoms with Gasteiger partial charge in [-0.15, -0.1) is 0 Å². The fourth-order valence-corrected chi connectivity index (χ4v) is 2.45. The van der Waals surface area contributed by atoms with Gasteiger partial charge in [0.2, 0.25) is 21.2 Å². The molecule has 1 fully saturated rings. The quantitative estimate of drug-likeness (QED) is 0.772. The van der Waals surface area contributed by atoms with E-state index < -0.39 is 10.0 Å². The van der Waals surface area contributed by atoms with Crippen LogP contribution in [0, 0.1) is 0 Å². The zero-order valence-corrected chi connectivity index (χ0v) is 11.1. The van der Waals surface area contributed by atoms with Crippen LogP contribution < -0.4 is 4.74 Å². The number of hydrogen-bond acceptors (Lipinski definition) is 5. The molecule has 0 unspecified atom stereocenters. The van der Waals surface area contributed by atoms with E-state index in [4.69, 9.17) is 27.9 Å². The maximum absolute atomic E-state index is 11.1. The molecule has 17 heavy (non-hydrogen) atoms. The molecule has 1 aliphatic heterocycles. The average molecular weight is 298 g/mol. The van der Waals surface area contributed by atoms with Gasteiger partial charge in [-0.2, -0.15) is 9.29 Å². The Kier molecular flexibility index (Phi) is 3.44. The van der Waals surface area contributed by atoms with Crippen molar-refractivity contribution in [2.24, 2.45) is 0 Å².